The SMILES string of the molecule is CCCC(NC(=O)COC(=O)/C=C/c1ccc(OC)cc1)c1ccccc1. The predicted octanol–water partition coefficient (Wildman–Crippen LogP) is 3.91. The summed E-state index contributed by atoms with van der Waals surface area (Å²) in [5, 5.41) is 2.92. The Balaban J connectivity index is 1.82. The van der Waals surface area contributed by atoms with Gasteiger partial charge in [-0.1, -0.05) is 55.8 Å². The molecule has 0 radical (unpaired) electrons. The zero-order chi connectivity index (χ0) is 19.5. The molecule has 142 valence electrons. The van der Waals surface area contributed by atoms with E-state index in [0.29, 0.717) is 0 Å². The lowest BCUT2D eigenvalue weighted by atomic mass is 10.0. The molecule has 1 amide bonds. The van der Waals surface area contributed by atoms with Crippen LogP contribution in [-0.4, -0.2) is 25.6 Å². The number of carbonyl (C=O) groups is 2. The summed E-state index contributed by atoms with van der Waals surface area (Å²) in [6.45, 7) is 1.75. The van der Waals surface area contributed by atoms with Gasteiger partial charge >= 0.3 is 5.97 Å². The first-order chi connectivity index (χ1) is 13.1. The number of benzene rings is 2. The fraction of sp³-hybridized carbons (Fsp3) is 0.273. The number of ether oxygens (including phenoxy) is 2. The Bertz CT molecular complexity index is 754. The smallest absolute Gasteiger partial charge is 0.331 e. The lowest BCUT2D eigenvalue weighted by Gasteiger charge is -2.18. The number of methoxy groups -OCH3 is 1. The van der Waals surface area contributed by atoms with Crippen molar-refractivity contribution in [2.24, 2.45) is 0 Å². The average Bonchev–Trinajstić information content (AvgIpc) is 2.71. The van der Waals surface area contributed by atoms with Gasteiger partial charge in [0.15, 0.2) is 6.61 Å². The first-order valence-electron chi connectivity index (χ1n) is 8.95. The lowest BCUT2D eigenvalue weighted by Crippen LogP contribution is -2.32. The molecule has 0 saturated carbocycles. The van der Waals surface area contributed by atoms with E-state index in [0.717, 1.165) is 29.7 Å². The average molecular weight is 367 g/mol. The Morgan fingerprint density at radius 2 is 1.78 bits per heavy atom. The molecule has 5 heteroatoms. The molecule has 0 fully saturated rings. The largest absolute Gasteiger partial charge is 0.497 e. The van der Waals surface area contributed by atoms with Gasteiger partial charge in [-0.25, -0.2) is 4.79 Å². The number of carbonyl (C=O) groups excluding carboxylic acids is 2. The van der Waals surface area contributed by atoms with Gasteiger partial charge in [0.25, 0.3) is 5.91 Å². The summed E-state index contributed by atoms with van der Waals surface area (Å²) in [5.74, 6) is -0.136. The highest BCUT2D eigenvalue weighted by Crippen LogP contribution is 2.18. The molecular formula is C22H25NO4. The van der Waals surface area contributed by atoms with Gasteiger partial charge in [0, 0.05) is 6.08 Å². The summed E-state index contributed by atoms with van der Waals surface area (Å²) in [4.78, 5) is 23.9. The van der Waals surface area contributed by atoms with Gasteiger partial charge in [-0.3, -0.25) is 4.79 Å². The van der Waals surface area contributed by atoms with E-state index in [-0.39, 0.29) is 18.6 Å². The van der Waals surface area contributed by atoms with Gasteiger partial charge in [-0.15, -0.1) is 0 Å². The zero-order valence-electron chi connectivity index (χ0n) is 15.7. The quantitative estimate of drug-likeness (QED) is 0.539. The summed E-state index contributed by atoms with van der Waals surface area (Å²) in [7, 11) is 1.59. The maximum atomic E-state index is 12.1. The van der Waals surface area contributed by atoms with Crippen molar-refractivity contribution in [2.75, 3.05) is 13.7 Å². The Hall–Kier alpha value is -3.08. The molecule has 1 N–H and O–H groups in total. The minimum atomic E-state index is -0.562. The van der Waals surface area contributed by atoms with Crippen molar-refractivity contribution in [3.63, 3.8) is 0 Å². The van der Waals surface area contributed by atoms with E-state index in [2.05, 4.69) is 12.2 Å². The third-order valence-electron chi connectivity index (χ3n) is 3.99. The van der Waals surface area contributed by atoms with Crippen molar-refractivity contribution in [1.29, 1.82) is 0 Å². The predicted molar refractivity (Wildman–Crippen MR) is 105 cm³/mol. The summed E-state index contributed by atoms with van der Waals surface area (Å²) in [5.41, 5.74) is 1.88. The summed E-state index contributed by atoms with van der Waals surface area (Å²) in [6, 6.07) is 16.9. The molecule has 27 heavy (non-hydrogen) atoms. The van der Waals surface area contributed by atoms with E-state index < -0.39 is 5.97 Å². The van der Waals surface area contributed by atoms with Crippen molar-refractivity contribution in [3.05, 3.63) is 71.8 Å². The van der Waals surface area contributed by atoms with Crippen LogP contribution < -0.4 is 10.1 Å². The van der Waals surface area contributed by atoms with Gasteiger partial charge in [0.05, 0.1) is 13.2 Å². The number of hydrogen-bond donors (Lipinski definition) is 1. The number of hydrogen-bond acceptors (Lipinski definition) is 4. The summed E-state index contributed by atoms with van der Waals surface area (Å²) in [6.07, 6.45) is 4.69. The van der Waals surface area contributed by atoms with E-state index in [1.165, 1.54) is 6.08 Å². The van der Waals surface area contributed by atoms with Gasteiger partial charge < -0.3 is 14.8 Å². The number of nitrogens with one attached hydrogen (secondary N) is 1. The highest BCUT2D eigenvalue weighted by atomic mass is 16.5. The summed E-state index contributed by atoms with van der Waals surface area (Å²) >= 11 is 0. The van der Waals surface area contributed by atoms with Crippen LogP contribution in [-0.2, 0) is 14.3 Å². The minimum absolute atomic E-state index is 0.0859. The second-order valence-corrected chi connectivity index (χ2v) is 6.03. The second-order valence-electron chi connectivity index (χ2n) is 6.03. The lowest BCUT2D eigenvalue weighted by molar-refractivity contribution is -0.144. The van der Waals surface area contributed by atoms with Crippen molar-refractivity contribution in [2.45, 2.75) is 25.8 Å². The molecule has 1 unspecified atom stereocenters. The van der Waals surface area contributed by atoms with E-state index in [1.54, 1.807) is 25.3 Å². The molecule has 2 rings (SSSR count). The van der Waals surface area contributed by atoms with Crippen molar-refractivity contribution in [1.82, 2.24) is 5.32 Å². The summed E-state index contributed by atoms with van der Waals surface area (Å²) < 4.78 is 10.1. The van der Waals surface area contributed by atoms with Gasteiger partial charge in [-0.2, -0.15) is 0 Å². The van der Waals surface area contributed by atoms with Crippen LogP contribution in [0, 0.1) is 0 Å². The van der Waals surface area contributed by atoms with Crippen LogP contribution in [0.25, 0.3) is 6.08 Å². The topological polar surface area (TPSA) is 64.6 Å². The van der Waals surface area contributed by atoms with Crippen LogP contribution in [0.2, 0.25) is 0 Å². The third kappa shape index (κ3) is 6.98. The highest BCUT2D eigenvalue weighted by Gasteiger charge is 2.14. The van der Waals surface area contributed by atoms with Crippen LogP contribution in [0.1, 0.15) is 36.9 Å². The van der Waals surface area contributed by atoms with E-state index in [9.17, 15) is 9.59 Å². The van der Waals surface area contributed by atoms with Gasteiger partial charge in [0.2, 0.25) is 0 Å². The van der Waals surface area contributed by atoms with Crippen molar-refractivity contribution < 1.29 is 19.1 Å². The molecule has 0 aliphatic carbocycles. The molecule has 5 nitrogen and oxygen atoms in total. The number of amides is 1. The first-order valence-corrected chi connectivity index (χ1v) is 8.95. The van der Waals surface area contributed by atoms with Crippen LogP contribution in [0.3, 0.4) is 0 Å². The first kappa shape index (κ1) is 20.2. The van der Waals surface area contributed by atoms with Crippen LogP contribution in [0.15, 0.2) is 60.7 Å². The normalized spacial score (nSPS) is 11.8. The minimum Gasteiger partial charge on any atom is -0.497 e. The maximum Gasteiger partial charge on any atom is 0.331 e. The van der Waals surface area contributed by atoms with Gasteiger partial charge in [-0.05, 0) is 35.8 Å². The Kier molecular flexibility index (Phi) is 8.10. The molecule has 0 aliphatic rings. The fourth-order valence-corrected chi connectivity index (χ4v) is 2.60. The molecule has 0 spiro atoms. The van der Waals surface area contributed by atoms with Crippen LogP contribution in [0.4, 0.5) is 0 Å². The van der Waals surface area contributed by atoms with E-state index >= 15 is 0 Å². The number of rotatable bonds is 9. The van der Waals surface area contributed by atoms with Crippen LogP contribution in [0.5, 0.6) is 5.75 Å². The molecule has 1 atom stereocenters. The van der Waals surface area contributed by atoms with Crippen molar-refractivity contribution in [3.8, 4) is 5.75 Å². The molecule has 2 aromatic carbocycles. The Morgan fingerprint density at radius 3 is 2.41 bits per heavy atom. The zero-order valence-corrected chi connectivity index (χ0v) is 15.7. The standard InChI is InChI=1S/C22H25NO4/c1-3-7-20(18-8-5-4-6-9-18)23-21(24)16-27-22(25)15-12-17-10-13-19(26-2)14-11-17/h4-6,8-15,20H,3,7,16H2,1-2H3,(H,23,24)/b15-12+. The molecule has 2 aromatic rings. The van der Waals surface area contributed by atoms with E-state index in [4.69, 9.17) is 9.47 Å². The molecule has 0 aliphatic heterocycles. The molecule has 0 saturated heterocycles. The fourth-order valence-electron chi connectivity index (χ4n) is 2.60. The van der Waals surface area contributed by atoms with Gasteiger partial charge in [0.1, 0.15) is 5.75 Å². The monoisotopic (exact) mass is 367 g/mol. The number of esters is 1. The third-order valence-corrected chi connectivity index (χ3v) is 3.99. The molecule has 0 bridgehead atoms. The molecular weight excluding hydrogens is 342 g/mol. The Labute approximate surface area is 160 Å². The van der Waals surface area contributed by atoms with Crippen LogP contribution >= 0.6 is 0 Å². The Morgan fingerprint density at radius 1 is 1.07 bits per heavy atom. The maximum absolute atomic E-state index is 12.1. The second kappa shape index (κ2) is 10.8. The molecule has 0 aromatic heterocycles. The van der Waals surface area contributed by atoms with E-state index in [1.807, 2.05) is 42.5 Å². The highest BCUT2D eigenvalue weighted by molar-refractivity contribution is 5.89. The van der Waals surface area contributed by atoms with Crippen molar-refractivity contribution >= 4 is 18.0 Å². The molecule has 0 heterocycles.